The molecule has 2 fully saturated rings. The van der Waals surface area contributed by atoms with Crippen molar-refractivity contribution < 1.29 is 4.74 Å². The largest absolute Gasteiger partial charge is 0.384 e. The summed E-state index contributed by atoms with van der Waals surface area (Å²) in [4.78, 5) is 0. The molecule has 2 unspecified atom stereocenters. The first-order chi connectivity index (χ1) is 6.22. The number of hydrogen-bond donors (Lipinski definition) is 0. The molecular weight excluding hydrogens is 160 g/mol. The normalized spacial score (nSPS) is 44.8. The first kappa shape index (κ1) is 9.51. The second-order valence-electron chi connectivity index (χ2n) is 5.55. The third kappa shape index (κ3) is 2.07. The second-order valence-corrected chi connectivity index (χ2v) is 5.55. The average molecular weight is 182 g/mol. The van der Waals surface area contributed by atoms with E-state index in [0.29, 0.717) is 5.41 Å². The Hall–Kier alpha value is -0.0400. The van der Waals surface area contributed by atoms with Crippen molar-refractivity contribution in [3.8, 4) is 0 Å². The van der Waals surface area contributed by atoms with Gasteiger partial charge in [-0.05, 0) is 36.5 Å². The van der Waals surface area contributed by atoms with Gasteiger partial charge in [-0.1, -0.05) is 26.2 Å². The van der Waals surface area contributed by atoms with Crippen LogP contribution in [0.15, 0.2) is 0 Å². The number of methoxy groups -OCH3 is 1. The summed E-state index contributed by atoms with van der Waals surface area (Å²) in [5.41, 5.74) is 0.503. The molecule has 0 N–H and O–H groups in total. The molecule has 2 saturated carbocycles. The summed E-state index contributed by atoms with van der Waals surface area (Å²) >= 11 is 0. The van der Waals surface area contributed by atoms with Crippen LogP contribution < -0.4 is 0 Å². The van der Waals surface area contributed by atoms with Gasteiger partial charge in [0.2, 0.25) is 0 Å². The Morgan fingerprint density at radius 3 is 2.38 bits per heavy atom. The van der Waals surface area contributed by atoms with Crippen LogP contribution in [0, 0.1) is 17.3 Å². The predicted octanol–water partition coefficient (Wildman–Crippen LogP) is 3.24. The van der Waals surface area contributed by atoms with Gasteiger partial charge in [0.15, 0.2) is 0 Å². The van der Waals surface area contributed by atoms with Gasteiger partial charge in [0, 0.05) is 7.11 Å². The van der Waals surface area contributed by atoms with Crippen molar-refractivity contribution in [2.24, 2.45) is 17.3 Å². The zero-order valence-corrected chi connectivity index (χ0v) is 9.01. The summed E-state index contributed by atoms with van der Waals surface area (Å²) in [7, 11) is 1.84. The first-order valence-corrected chi connectivity index (χ1v) is 5.71. The molecule has 0 aliphatic heterocycles. The molecular formula is C12H22O. The van der Waals surface area contributed by atoms with E-state index in [9.17, 15) is 0 Å². The van der Waals surface area contributed by atoms with Crippen LogP contribution in [-0.4, -0.2) is 13.7 Å². The van der Waals surface area contributed by atoms with Gasteiger partial charge < -0.3 is 4.74 Å². The van der Waals surface area contributed by atoms with Crippen molar-refractivity contribution >= 4 is 0 Å². The van der Waals surface area contributed by atoms with Crippen molar-refractivity contribution in [2.45, 2.75) is 45.4 Å². The zero-order valence-electron chi connectivity index (χ0n) is 9.01. The van der Waals surface area contributed by atoms with E-state index in [1.807, 2.05) is 7.11 Å². The maximum absolute atomic E-state index is 5.35. The van der Waals surface area contributed by atoms with Crippen LogP contribution in [0.4, 0.5) is 0 Å². The smallest absolute Gasteiger partial charge is 0.0516 e. The Kier molecular flexibility index (Phi) is 2.64. The predicted molar refractivity (Wildman–Crippen MR) is 54.7 cm³/mol. The molecule has 0 amide bonds. The lowest BCUT2D eigenvalue weighted by molar-refractivity contribution is 0.00328. The highest BCUT2D eigenvalue weighted by Crippen LogP contribution is 2.48. The van der Waals surface area contributed by atoms with Crippen molar-refractivity contribution in [2.75, 3.05) is 13.7 Å². The first-order valence-electron chi connectivity index (χ1n) is 5.71. The molecule has 1 heteroatoms. The van der Waals surface area contributed by atoms with E-state index in [2.05, 4.69) is 6.92 Å². The molecule has 76 valence electrons. The van der Waals surface area contributed by atoms with Crippen molar-refractivity contribution in [3.05, 3.63) is 0 Å². The average Bonchev–Trinajstić information content (AvgIpc) is 2.02. The van der Waals surface area contributed by atoms with Crippen molar-refractivity contribution in [1.29, 1.82) is 0 Å². The Labute approximate surface area is 81.9 Å². The SMILES string of the molecule is COCC1(C)CC2CCCC(C2)C1. The zero-order chi connectivity index (χ0) is 9.31. The molecule has 0 radical (unpaired) electrons. The standard InChI is InChI=1S/C12H22O/c1-12(9-13-2)7-10-4-3-5-11(6-10)8-12/h10-11H,3-9H2,1-2H3. The summed E-state index contributed by atoms with van der Waals surface area (Å²) in [6.45, 7) is 3.39. The summed E-state index contributed by atoms with van der Waals surface area (Å²) in [6.07, 6.45) is 8.79. The summed E-state index contributed by atoms with van der Waals surface area (Å²) in [5, 5.41) is 0. The lowest BCUT2D eigenvalue weighted by Gasteiger charge is -2.45. The Morgan fingerprint density at radius 1 is 1.23 bits per heavy atom. The van der Waals surface area contributed by atoms with Crippen molar-refractivity contribution in [3.63, 3.8) is 0 Å². The van der Waals surface area contributed by atoms with Crippen LogP contribution in [0.3, 0.4) is 0 Å². The third-order valence-corrected chi connectivity index (χ3v) is 3.95. The van der Waals surface area contributed by atoms with Crippen molar-refractivity contribution in [1.82, 2.24) is 0 Å². The minimum atomic E-state index is 0.503. The number of hydrogen-bond acceptors (Lipinski definition) is 1. The maximum Gasteiger partial charge on any atom is 0.0516 e. The molecule has 0 aromatic heterocycles. The van der Waals surface area contributed by atoms with E-state index in [4.69, 9.17) is 4.74 Å². The second kappa shape index (κ2) is 3.61. The maximum atomic E-state index is 5.35. The van der Waals surface area contributed by atoms with Gasteiger partial charge in [0.25, 0.3) is 0 Å². The van der Waals surface area contributed by atoms with E-state index in [-0.39, 0.29) is 0 Å². The highest BCUT2D eigenvalue weighted by Gasteiger charge is 2.38. The van der Waals surface area contributed by atoms with E-state index in [1.54, 1.807) is 0 Å². The van der Waals surface area contributed by atoms with Gasteiger partial charge in [-0.25, -0.2) is 0 Å². The fourth-order valence-corrected chi connectivity index (χ4v) is 3.72. The van der Waals surface area contributed by atoms with Crippen LogP contribution in [-0.2, 0) is 4.74 Å². The fourth-order valence-electron chi connectivity index (χ4n) is 3.72. The van der Waals surface area contributed by atoms with Crippen LogP contribution in [0.1, 0.15) is 45.4 Å². The quantitative estimate of drug-likeness (QED) is 0.637. The molecule has 0 aromatic rings. The van der Waals surface area contributed by atoms with Gasteiger partial charge in [-0.2, -0.15) is 0 Å². The lowest BCUT2D eigenvalue weighted by Crippen LogP contribution is -2.36. The van der Waals surface area contributed by atoms with Crippen LogP contribution in [0.5, 0.6) is 0 Å². The fraction of sp³-hybridized carbons (Fsp3) is 1.00. The molecule has 2 aliphatic carbocycles. The van der Waals surface area contributed by atoms with Gasteiger partial charge >= 0.3 is 0 Å². The summed E-state index contributed by atoms with van der Waals surface area (Å²) < 4.78 is 5.35. The van der Waals surface area contributed by atoms with Gasteiger partial charge in [-0.15, -0.1) is 0 Å². The lowest BCUT2D eigenvalue weighted by atomic mass is 9.62. The molecule has 2 atom stereocenters. The van der Waals surface area contributed by atoms with E-state index >= 15 is 0 Å². The van der Waals surface area contributed by atoms with E-state index < -0.39 is 0 Å². The van der Waals surface area contributed by atoms with Crippen LogP contribution >= 0.6 is 0 Å². The minimum absolute atomic E-state index is 0.503. The summed E-state index contributed by atoms with van der Waals surface area (Å²) in [6, 6.07) is 0. The topological polar surface area (TPSA) is 9.23 Å². The number of rotatable bonds is 2. The van der Waals surface area contributed by atoms with E-state index in [0.717, 1.165) is 18.4 Å². The molecule has 0 saturated heterocycles. The highest BCUT2D eigenvalue weighted by atomic mass is 16.5. The molecule has 0 spiro atoms. The van der Waals surface area contributed by atoms with Crippen LogP contribution in [0.2, 0.25) is 0 Å². The molecule has 13 heavy (non-hydrogen) atoms. The highest BCUT2D eigenvalue weighted by molar-refractivity contribution is 4.89. The summed E-state index contributed by atoms with van der Waals surface area (Å²) in [5.74, 6) is 2.04. The Morgan fingerprint density at radius 2 is 1.85 bits per heavy atom. The number of ether oxygens (including phenoxy) is 1. The molecule has 0 heterocycles. The Bertz CT molecular complexity index is 164. The van der Waals surface area contributed by atoms with Crippen LogP contribution in [0.25, 0.3) is 0 Å². The molecule has 1 nitrogen and oxygen atoms in total. The third-order valence-electron chi connectivity index (χ3n) is 3.95. The molecule has 2 rings (SSSR count). The minimum Gasteiger partial charge on any atom is -0.384 e. The number of fused-ring (bicyclic) bond motifs is 2. The monoisotopic (exact) mass is 182 g/mol. The molecule has 2 bridgehead atoms. The van der Waals surface area contributed by atoms with E-state index in [1.165, 1.54) is 38.5 Å². The Balaban J connectivity index is 2.00. The van der Waals surface area contributed by atoms with Gasteiger partial charge in [0.1, 0.15) is 0 Å². The molecule has 0 aromatic carbocycles. The van der Waals surface area contributed by atoms with Gasteiger partial charge in [-0.3, -0.25) is 0 Å². The van der Waals surface area contributed by atoms with Gasteiger partial charge in [0.05, 0.1) is 6.61 Å². The molecule has 2 aliphatic rings.